The molecule has 0 spiro atoms. The number of aromatic nitrogens is 1. The number of hydrogen-bond acceptors (Lipinski definition) is 4. The van der Waals surface area contributed by atoms with E-state index in [9.17, 15) is 4.79 Å². The number of pyridine rings is 1. The Morgan fingerprint density at radius 3 is 2.82 bits per heavy atom. The van der Waals surface area contributed by atoms with E-state index >= 15 is 0 Å². The molecule has 1 heterocycles. The fourth-order valence-corrected chi connectivity index (χ4v) is 1.80. The van der Waals surface area contributed by atoms with Gasteiger partial charge in [-0.05, 0) is 37.8 Å². The van der Waals surface area contributed by atoms with Crippen LogP contribution in [0, 0.1) is 0 Å². The van der Waals surface area contributed by atoms with E-state index in [0.29, 0.717) is 17.4 Å². The number of hydrogen-bond donors (Lipinski definition) is 3. The zero-order chi connectivity index (χ0) is 12.3. The predicted octanol–water partition coefficient (Wildman–Crippen LogP) is 1.21. The van der Waals surface area contributed by atoms with Gasteiger partial charge in [0.1, 0.15) is 5.82 Å². The summed E-state index contributed by atoms with van der Waals surface area (Å²) in [5, 5.41) is 3.00. The molecule has 1 amide bonds. The molecule has 1 aromatic rings. The zero-order valence-electron chi connectivity index (χ0n) is 9.99. The lowest BCUT2D eigenvalue weighted by Gasteiger charge is -2.26. The van der Waals surface area contributed by atoms with Crippen molar-refractivity contribution in [1.29, 1.82) is 0 Å². The molecular weight excluding hydrogens is 216 g/mol. The second-order valence-electron chi connectivity index (χ2n) is 4.33. The number of carbonyl (C=O) groups excluding carboxylic acids is 1. The number of aryl methyl sites for hydroxylation is 1. The van der Waals surface area contributed by atoms with Crippen LogP contribution in [-0.2, 0) is 6.42 Å². The summed E-state index contributed by atoms with van der Waals surface area (Å²) < 4.78 is 0. The molecule has 1 fully saturated rings. The highest BCUT2D eigenvalue weighted by atomic mass is 16.1. The third-order valence-corrected chi connectivity index (χ3v) is 3.09. The Morgan fingerprint density at radius 2 is 2.29 bits per heavy atom. The molecule has 0 aromatic carbocycles. The molecule has 1 aliphatic rings. The van der Waals surface area contributed by atoms with E-state index in [0.717, 1.165) is 25.0 Å². The first-order chi connectivity index (χ1) is 8.22. The van der Waals surface area contributed by atoms with Crippen LogP contribution in [0.1, 0.15) is 42.2 Å². The maximum atomic E-state index is 12.0. The van der Waals surface area contributed by atoms with Crippen LogP contribution in [0.3, 0.4) is 0 Å². The van der Waals surface area contributed by atoms with Crippen LogP contribution in [0.2, 0.25) is 0 Å². The summed E-state index contributed by atoms with van der Waals surface area (Å²) in [6.45, 7) is 2.00. The summed E-state index contributed by atoms with van der Waals surface area (Å²) in [5.41, 5.74) is 3.97. The quantitative estimate of drug-likeness (QED) is 0.540. The number of nitrogens with one attached hydrogen (secondary N) is 2. The number of anilines is 1. The normalized spacial score (nSPS) is 15.2. The van der Waals surface area contributed by atoms with Gasteiger partial charge in [-0.3, -0.25) is 4.79 Å². The van der Waals surface area contributed by atoms with Crippen molar-refractivity contribution < 1.29 is 4.79 Å². The van der Waals surface area contributed by atoms with Gasteiger partial charge >= 0.3 is 0 Å². The van der Waals surface area contributed by atoms with Crippen molar-refractivity contribution in [3.63, 3.8) is 0 Å². The third kappa shape index (κ3) is 2.74. The van der Waals surface area contributed by atoms with E-state index in [1.165, 1.54) is 6.42 Å². The number of rotatable bonds is 4. The number of amides is 1. The highest BCUT2D eigenvalue weighted by Crippen LogP contribution is 2.19. The largest absolute Gasteiger partial charge is 0.349 e. The molecule has 0 aliphatic heterocycles. The van der Waals surface area contributed by atoms with Crippen LogP contribution in [0.15, 0.2) is 12.1 Å². The maximum Gasteiger partial charge on any atom is 0.251 e. The molecule has 0 bridgehead atoms. The second kappa shape index (κ2) is 5.14. The van der Waals surface area contributed by atoms with Gasteiger partial charge in [0.2, 0.25) is 0 Å². The van der Waals surface area contributed by atoms with Crippen LogP contribution in [-0.4, -0.2) is 16.9 Å². The molecule has 0 atom stereocenters. The maximum absolute atomic E-state index is 12.0. The van der Waals surface area contributed by atoms with Gasteiger partial charge in [-0.2, -0.15) is 0 Å². The third-order valence-electron chi connectivity index (χ3n) is 3.09. The lowest BCUT2D eigenvalue weighted by molar-refractivity contribution is 0.0917. The van der Waals surface area contributed by atoms with E-state index in [4.69, 9.17) is 5.84 Å². The van der Waals surface area contributed by atoms with Crippen molar-refractivity contribution >= 4 is 11.7 Å². The Hall–Kier alpha value is -1.62. The molecule has 92 valence electrons. The molecule has 1 saturated carbocycles. The van der Waals surface area contributed by atoms with E-state index in [2.05, 4.69) is 15.7 Å². The van der Waals surface area contributed by atoms with Crippen LogP contribution in [0.25, 0.3) is 0 Å². The fourth-order valence-electron chi connectivity index (χ4n) is 1.80. The van der Waals surface area contributed by atoms with Crippen molar-refractivity contribution in [2.45, 2.75) is 38.6 Å². The first kappa shape index (κ1) is 11.9. The zero-order valence-corrected chi connectivity index (χ0v) is 9.99. The minimum absolute atomic E-state index is 0.0386. The van der Waals surface area contributed by atoms with Crippen molar-refractivity contribution in [3.8, 4) is 0 Å². The summed E-state index contributed by atoms with van der Waals surface area (Å²) >= 11 is 0. The van der Waals surface area contributed by atoms with Gasteiger partial charge < -0.3 is 10.7 Å². The van der Waals surface area contributed by atoms with Crippen molar-refractivity contribution in [2.75, 3.05) is 5.43 Å². The molecule has 1 aromatic heterocycles. The van der Waals surface area contributed by atoms with Crippen molar-refractivity contribution in [3.05, 3.63) is 23.4 Å². The van der Waals surface area contributed by atoms with Gasteiger partial charge in [0.05, 0.1) is 0 Å². The van der Waals surface area contributed by atoms with Gasteiger partial charge in [-0.1, -0.05) is 6.92 Å². The fraction of sp³-hybridized carbons (Fsp3) is 0.500. The van der Waals surface area contributed by atoms with E-state index in [1.54, 1.807) is 6.07 Å². The molecular formula is C12H18N4O. The number of hydrazine groups is 1. The average Bonchev–Trinajstić information content (AvgIpc) is 2.32. The monoisotopic (exact) mass is 234 g/mol. The second-order valence-corrected chi connectivity index (χ2v) is 4.33. The number of carbonyl (C=O) groups is 1. The molecule has 17 heavy (non-hydrogen) atoms. The van der Waals surface area contributed by atoms with Crippen LogP contribution in [0.5, 0.6) is 0 Å². The molecule has 5 heteroatoms. The lowest BCUT2D eigenvalue weighted by Crippen LogP contribution is -2.39. The van der Waals surface area contributed by atoms with Gasteiger partial charge in [0.25, 0.3) is 5.91 Å². The van der Waals surface area contributed by atoms with Crippen LogP contribution >= 0.6 is 0 Å². The average molecular weight is 234 g/mol. The summed E-state index contributed by atoms with van der Waals surface area (Å²) in [6, 6.07) is 3.83. The van der Waals surface area contributed by atoms with Crippen molar-refractivity contribution in [1.82, 2.24) is 10.3 Å². The summed E-state index contributed by atoms with van der Waals surface area (Å²) in [7, 11) is 0. The van der Waals surface area contributed by atoms with Crippen LogP contribution in [0.4, 0.5) is 5.82 Å². The topological polar surface area (TPSA) is 80.0 Å². The molecule has 2 rings (SSSR count). The van der Waals surface area contributed by atoms with Gasteiger partial charge in [0.15, 0.2) is 0 Å². The molecule has 1 aliphatic carbocycles. The molecule has 0 radical (unpaired) electrons. The minimum Gasteiger partial charge on any atom is -0.349 e. The van der Waals surface area contributed by atoms with Crippen molar-refractivity contribution in [2.24, 2.45) is 5.84 Å². The summed E-state index contributed by atoms with van der Waals surface area (Å²) in [4.78, 5) is 16.2. The highest BCUT2D eigenvalue weighted by molar-refractivity contribution is 5.95. The Morgan fingerprint density at radius 1 is 1.53 bits per heavy atom. The van der Waals surface area contributed by atoms with Gasteiger partial charge in [0, 0.05) is 17.3 Å². The highest BCUT2D eigenvalue weighted by Gasteiger charge is 2.20. The SMILES string of the molecule is CCc1cc(C(=O)NC2CCC2)cc(NN)n1. The summed E-state index contributed by atoms with van der Waals surface area (Å²) in [5.74, 6) is 5.83. The molecule has 5 nitrogen and oxygen atoms in total. The Bertz CT molecular complexity index is 393. The van der Waals surface area contributed by atoms with E-state index < -0.39 is 0 Å². The molecule has 0 unspecified atom stereocenters. The standard InChI is InChI=1S/C12H18N4O/c1-2-9-6-8(7-11(14-9)16-13)12(17)15-10-4-3-5-10/h6-7,10H,2-5,13H2,1H3,(H,14,16)(H,15,17). The Balaban J connectivity index is 2.14. The van der Waals surface area contributed by atoms with Gasteiger partial charge in [-0.15, -0.1) is 0 Å². The predicted molar refractivity (Wildman–Crippen MR) is 66.5 cm³/mol. The summed E-state index contributed by atoms with van der Waals surface area (Å²) in [6.07, 6.45) is 4.15. The van der Waals surface area contributed by atoms with Crippen LogP contribution < -0.4 is 16.6 Å². The first-order valence-electron chi connectivity index (χ1n) is 6.01. The Labute approximate surface area is 101 Å². The number of nitrogens with two attached hydrogens (primary N) is 1. The lowest BCUT2D eigenvalue weighted by atomic mass is 9.93. The molecule has 4 N–H and O–H groups in total. The number of nitrogens with zero attached hydrogens (tertiary/aromatic N) is 1. The number of nitrogen functional groups attached to an aromatic ring is 1. The van der Waals surface area contributed by atoms with Gasteiger partial charge in [-0.25, -0.2) is 10.8 Å². The smallest absolute Gasteiger partial charge is 0.251 e. The Kier molecular flexibility index (Phi) is 3.58. The van der Waals surface area contributed by atoms with E-state index in [-0.39, 0.29) is 5.91 Å². The van der Waals surface area contributed by atoms with E-state index in [1.807, 2.05) is 13.0 Å². The molecule has 0 saturated heterocycles. The minimum atomic E-state index is -0.0386. The first-order valence-corrected chi connectivity index (χ1v) is 6.01.